The van der Waals surface area contributed by atoms with E-state index >= 15 is 0 Å². The van der Waals surface area contributed by atoms with Gasteiger partial charge in [-0.05, 0) is 26.6 Å². The lowest BCUT2D eigenvalue weighted by molar-refractivity contribution is 0.403. The number of rotatable bonds is 5. The fourth-order valence-corrected chi connectivity index (χ4v) is 3.06. The molecule has 1 aromatic carbocycles. The zero-order valence-corrected chi connectivity index (χ0v) is 13.3. The van der Waals surface area contributed by atoms with Crippen molar-refractivity contribution in [1.29, 1.82) is 0 Å². The molecule has 4 nitrogen and oxygen atoms in total. The van der Waals surface area contributed by atoms with Crippen LogP contribution in [0.2, 0.25) is 0 Å². The number of nitrogens with two attached hydrogens (primary N) is 1. The number of nitrogens with zero attached hydrogens (tertiary/aromatic N) is 2. The lowest BCUT2D eigenvalue weighted by Crippen LogP contribution is -2.12. The summed E-state index contributed by atoms with van der Waals surface area (Å²) in [5.41, 5.74) is 9.55. The molecule has 1 unspecified atom stereocenters. The SMILES string of the molecule is CNc1nc(-c2ccccc2CN(C)C)c(C(C)N)s1. The van der Waals surface area contributed by atoms with Crippen molar-refractivity contribution < 1.29 is 0 Å². The largest absolute Gasteiger partial charge is 0.365 e. The van der Waals surface area contributed by atoms with E-state index in [4.69, 9.17) is 10.7 Å². The molecule has 2 rings (SSSR count). The van der Waals surface area contributed by atoms with Gasteiger partial charge in [0.25, 0.3) is 0 Å². The lowest BCUT2D eigenvalue weighted by atomic mass is 10.0. The highest BCUT2D eigenvalue weighted by molar-refractivity contribution is 7.16. The van der Waals surface area contributed by atoms with Crippen molar-refractivity contribution >= 4 is 16.5 Å². The summed E-state index contributed by atoms with van der Waals surface area (Å²) >= 11 is 1.63. The molecule has 2 aromatic rings. The standard InChI is InChI=1S/C15H22N4S/c1-10(16)14-13(18-15(17-2)20-14)12-8-6-5-7-11(12)9-19(3)4/h5-8,10H,9,16H2,1-4H3,(H,17,18). The van der Waals surface area contributed by atoms with Gasteiger partial charge >= 0.3 is 0 Å². The zero-order chi connectivity index (χ0) is 14.7. The Morgan fingerprint density at radius 3 is 2.65 bits per heavy atom. The normalized spacial score (nSPS) is 12.7. The van der Waals surface area contributed by atoms with Gasteiger partial charge in [-0.3, -0.25) is 0 Å². The Morgan fingerprint density at radius 1 is 1.35 bits per heavy atom. The number of benzene rings is 1. The highest BCUT2D eigenvalue weighted by Gasteiger charge is 2.18. The van der Waals surface area contributed by atoms with Crippen molar-refractivity contribution in [3.63, 3.8) is 0 Å². The Hall–Kier alpha value is -1.43. The van der Waals surface area contributed by atoms with Crippen LogP contribution in [0.25, 0.3) is 11.3 Å². The Balaban J connectivity index is 2.53. The van der Waals surface area contributed by atoms with Crippen LogP contribution in [-0.2, 0) is 6.54 Å². The van der Waals surface area contributed by atoms with Crippen LogP contribution >= 0.6 is 11.3 Å². The van der Waals surface area contributed by atoms with E-state index in [-0.39, 0.29) is 6.04 Å². The molecule has 0 fully saturated rings. The van der Waals surface area contributed by atoms with Gasteiger partial charge in [0.05, 0.1) is 10.6 Å². The van der Waals surface area contributed by atoms with Gasteiger partial charge in [-0.15, -0.1) is 0 Å². The van der Waals surface area contributed by atoms with Crippen LogP contribution in [-0.4, -0.2) is 31.0 Å². The Labute approximate surface area is 124 Å². The first-order valence-corrected chi connectivity index (χ1v) is 7.51. The van der Waals surface area contributed by atoms with E-state index in [0.29, 0.717) is 0 Å². The zero-order valence-electron chi connectivity index (χ0n) is 12.5. The fourth-order valence-electron chi connectivity index (χ4n) is 2.17. The van der Waals surface area contributed by atoms with E-state index in [0.717, 1.165) is 22.2 Å². The van der Waals surface area contributed by atoms with E-state index in [2.05, 4.69) is 48.6 Å². The van der Waals surface area contributed by atoms with Gasteiger partial charge < -0.3 is 16.0 Å². The maximum absolute atomic E-state index is 6.10. The molecule has 1 atom stereocenters. The van der Waals surface area contributed by atoms with E-state index in [1.807, 2.05) is 14.0 Å². The summed E-state index contributed by atoms with van der Waals surface area (Å²) in [4.78, 5) is 7.98. The minimum Gasteiger partial charge on any atom is -0.365 e. The molecule has 1 aromatic heterocycles. The molecule has 0 aliphatic rings. The van der Waals surface area contributed by atoms with Crippen LogP contribution in [0.1, 0.15) is 23.4 Å². The maximum atomic E-state index is 6.10. The van der Waals surface area contributed by atoms with Gasteiger partial charge in [0.15, 0.2) is 5.13 Å². The number of nitrogens with one attached hydrogen (secondary N) is 1. The quantitative estimate of drug-likeness (QED) is 0.889. The molecule has 20 heavy (non-hydrogen) atoms. The van der Waals surface area contributed by atoms with Gasteiger partial charge in [-0.25, -0.2) is 4.98 Å². The van der Waals surface area contributed by atoms with Crippen molar-refractivity contribution in [2.24, 2.45) is 5.73 Å². The van der Waals surface area contributed by atoms with Crippen LogP contribution in [0, 0.1) is 0 Å². The molecule has 0 saturated carbocycles. The maximum Gasteiger partial charge on any atom is 0.183 e. The summed E-state index contributed by atoms with van der Waals surface area (Å²) < 4.78 is 0. The molecule has 0 amide bonds. The molecule has 0 aliphatic carbocycles. The van der Waals surface area contributed by atoms with Gasteiger partial charge in [0.2, 0.25) is 0 Å². The number of aromatic nitrogens is 1. The second kappa shape index (κ2) is 6.35. The molecule has 0 spiro atoms. The van der Waals surface area contributed by atoms with Crippen molar-refractivity contribution in [3.05, 3.63) is 34.7 Å². The van der Waals surface area contributed by atoms with E-state index < -0.39 is 0 Å². The third kappa shape index (κ3) is 3.17. The Morgan fingerprint density at radius 2 is 2.05 bits per heavy atom. The first-order chi connectivity index (χ1) is 9.52. The highest BCUT2D eigenvalue weighted by Crippen LogP contribution is 2.36. The third-order valence-corrected chi connectivity index (χ3v) is 4.31. The van der Waals surface area contributed by atoms with E-state index in [1.54, 1.807) is 11.3 Å². The molecule has 0 radical (unpaired) electrons. The van der Waals surface area contributed by atoms with Gasteiger partial charge in [-0.2, -0.15) is 0 Å². The third-order valence-electron chi connectivity index (χ3n) is 3.04. The second-order valence-corrected chi connectivity index (χ2v) is 6.20. The highest BCUT2D eigenvalue weighted by atomic mass is 32.1. The summed E-state index contributed by atoms with van der Waals surface area (Å²) in [7, 11) is 6.03. The van der Waals surface area contributed by atoms with Crippen molar-refractivity contribution in [1.82, 2.24) is 9.88 Å². The smallest absolute Gasteiger partial charge is 0.183 e. The number of thiazole rings is 1. The topological polar surface area (TPSA) is 54.2 Å². The molecule has 0 aliphatic heterocycles. The van der Waals surface area contributed by atoms with E-state index in [9.17, 15) is 0 Å². The summed E-state index contributed by atoms with van der Waals surface area (Å²) in [5, 5.41) is 4.02. The van der Waals surface area contributed by atoms with Crippen molar-refractivity contribution in [3.8, 4) is 11.3 Å². The first kappa shape index (κ1) is 15.0. The van der Waals surface area contributed by atoms with Crippen LogP contribution in [0.3, 0.4) is 0 Å². The number of hydrogen-bond acceptors (Lipinski definition) is 5. The first-order valence-electron chi connectivity index (χ1n) is 6.70. The molecule has 0 bridgehead atoms. The molecule has 1 heterocycles. The molecule has 0 saturated heterocycles. The van der Waals surface area contributed by atoms with E-state index in [1.165, 1.54) is 11.1 Å². The van der Waals surface area contributed by atoms with Gasteiger partial charge in [0, 0.05) is 25.2 Å². The second-order valence-electron chi connectivity index (χ2n) is 5.17. The lowest BCUT2D eigenvalue weighted by Gasteiger charge is -2.14. The summed E-state index contributed by atoms with van der Waals surface area (Å²) in [6.45, 7) is 2.89. The van der Waals surface area contributed by atoms with Crippen molar-refractivity contribution in [2.45, 2.75) is 19.5 Å². The molecule has 3 N–H and O–H groups in total. The van der Waals surface area contributed by atoms with Crippen LogP contribution < -0.4 is 11.1 Å². The van der Waals surface area contributed by atoms with Crippen LogP contribution in [0.5, 0.6) is 0 Å². The average molecular weight is 290 g/mol. The van der Waals surface area contributed by atoms with Crippen LogP contribution in [0.4, 0.5) is 5.13 Å². The number of hydrogen-bond donors (Lipinski definition) is 2. The predicted molar refractivity (Wildman–Crippen MR) is 87.1 cm³/mol. The minimum atomic E-state index is -0.0167. The minimum absolute atomic E-state index is 0.0167. The molecular formula is C15H22N4S. The monoisotopic (exact) mass is 290 g/mol. The molecular weight excluding hydrogens is 268 g/mol. The molecule has 108 valence electrons. The summed E-state index contributed by atoms with van der Waals surface area (Å²) in [5.74, 6) is 0. The summed E-state index contributed by atoms with van der Waals surface area (Å²) in [6, 6.07) is 8.38. The van der Waals surface area contributed by atoms with Gasteiger partial charge in [-0.1, -0.05) is 35.6 Å². The van der Waals surface area contributed by atoms with Crippen LogP contribution in [0.15, 0.2) is 24.3 Å². The Bertz CT molecular complexity index is 575. The average Bonchev–Trinajstić information content (AvgIpc) is 2.83. The number of anilines is 1. The van der Waals surface area contributed by atoms with Crippen molar-refractivity contribution in [2.75, 3.05) is 26.5 Å². The summed E-state index contributed by atoms with van der Waals surface area (Å²) in [6.07, 6.45) is 0. The van der Waals surface area contributed by atoms with Gasteiger partial charge in [0.1, 0.15) is 0 Å². The Kier molecular flexibility index (Phi) is 4.75. The fraction of sp³-hybridized carbons (Fsp3) is 0.400. The molecule has 5 heteroatoms. The predicted octanol–water partition coefficient (Wildman–Crippen LogP) is 2.93.